The molecule has 0 aliphatic carbocycles. The highest BCUT2D eigenvalue weighted by Gasteiger charge is 2.04. The van der Waals surface area contributed by atoms with Gasteiger partial charge in [0.15, 0.2) is 0 Å². The van der Waals surface area contributed by atoms with E-state index in [0.29, 0.717) is 0 Å². The van der Waals surface area contributed by atoms with Crippen LogP contribution in [0.1, 0.15) is 5.69 Å². The second-order valence-corrected chi connectivity index (χ2v) is 3.91. The molecule has 5 heteroatoms. The maximum absolute atomic E-state index is 4.94. The first kappa shape index (κ1) is 11.7. The van der Waals surface area contributed by atoms with E-state index in [-0.39, 0.29) is 0 Å². The molecule has 1 aromatic rings. The molecular weight excluding hydrogens is 246 g/mol. The van der Waals surface area contributed by atoms with Crippen molar-refractivity contribution in [2.24, 2.45) is 7.05 Å². The summed E-state index contributed by atoms with van der Waals surface area (Å²) in [5.74, 6) is 0. The highest BCUT2D eigenvalue weighted by molar-refractivity contribution is 9.10. The molecule has 0 saturated carbocycles. The van der Waals surface area contributed by atoms with Crippen molar-refractivity contribution in [1.29, 1.82) is 0 Å². The number of nitrogens with one attached hydrogen (secondary N) is 1. The first-order valence-corrected chi connectivity index (χ1v) is 5.41. The van der Waals surface area contributed by atoms with Crippen LogP contribution in [0.3, 0.4) is 0 Å². The molecule has 14 heavy (non-hydrogen) atoms. The van der Waals surface area contributed by atoms with E-state index < -0.39 is 0 Å². The van der Waals surface area contributed by atoms with Crippen LogP contribution < -0.4 is 5.32 Å². The molecule has 1 heterocycles. The summed E-state index contributed by atoms with van der Waals surface area (Å²) >= 11 is 3.46. The Morgan fingerprint density at radius 3 is 2.93 bits per heavy atom. The lowest BCUT2D eigenvalue weighted by Crippen LogP contribution is -2.22. The van der Waals surface area contributed by atoms with Gasteiger partial charge in [0.2, 0.25) is 0 Å². The molecule has 1 N–H and O–H groups in total. The zero-order chi connectivity index (χ0) is 10.4. The number of methoxy groups -OCH3 is 1. The summed E-state index contributed by atoms with van der Waals surface area (Å²) in [6, 6.07) is 0. The summed E-state index contributed by atoms with van der Waals surface area (Å²) in [7, 11) is 3.66. The second kappa shape index (κ2) is 6.16. The Morgan fingerprint density at radius 2 is 2.36 bits per heavy atom. The highest BCUT2D eigenvalue weighted by atomic mass is 79.9. The molecule has 0 unspecified atom stereocenters. The number of hydrogen-bond acceptors (Lipinski definition) is 3. The van der Waals surface area contributed by atoms with Gasteiger partial charge in [-0.1, -0.05) is 0 Å². The summed E-state index contributed by atoms with van der Waals surface area (Å²) in [6.45, 7) is 2.60. The van der Waals surface area contributed by atoms with E-state index in [2.05, 4.69) is 26.3 Å². The standard InChI is InChI=1S/C9H16BrN3O/c1-13-9(8(10)7-12-13)3-4-11-5-6-14-2/h7,11H,3-6H2,1-2H3. The fourth-order valence-electron chi connectivity index (χ4n) is 1.22. The van der Waals surface area contributed by atoms with Crippen molar-refractivity contribution >= 4 is 15.9 Å². The van der Waals surface area contributed by atoms with Gasteiger partial charge >= 0.3 is 0 Å². The third kappa shape index (κ3) is 3.40. The lowest BCUT2D eigenvalue weighted by molar-refractivity contribution is 0.199. The minimum atomic E-state index is 0.757. The molecule has 80 valence electrons. The van der Waals surface area contributed by atoms with E-state index in [1.54, 1.807) is 7.11 Å². The zero-order valence-electron chi connectivity index (χ0n) is 8.59. The van der Waals surface area contributed by atoms with E-state index in [9.17, 15) is 0 Å². The molecule has 0 aliphatic heterocycles. The molecule has 1 rings (SSSR count). The lowest BCUT2D eigenvalue weighted by atomic mass is 10.3. The van der Waals surface area contributed by atoms with Gasteiger partial charge in [0, 0.05) is 33.7 Å². The van der Waals surface area contributed by atoms with E-state index in [4.69, 9.17) is 4.74 Å². The molecule has 1 aromatic heterocycles. The van der Waals surface area contributed by atoms with Crippen molar-refractivity contribution in [3.05, 3.63) is 16.4 Å². The summed E-state index contributed by atoms with van der Waals surface area (Å²) < 4.78 is 7.91. The Morgan fingerprint density at radius 1 is 1.57 bits per heavy atom. The Bertz CT molecular complexity index is 256. The molecule has 4 nitrogen and oxygen atoms in total. The molecule has 0 saturated heterocycles. The van der Waals surface area contributed by atoms with E-state index in [0.717, 1.165) is 30.6 Å². The van der Waals surface area contributed by atoms with Gasteiger partial charge in [-0.2, -0.15) is 5.10 Å². The van der Waals surface area contributed by atoms with Crippen LogP contribution in [0, 0.1) is 0 Å². The van der Waals surface area contributed by atoms with Crippen molar-refractivity contribution in [1.82, 2.24) is 15.1 Å². The average molecular weight is 262 g/mol. The molecule has 0 aromatic carbocycles. The van der Waals surface area contributed by atoms with E-state index >= 15 is 0 Å². The van der Waals surface area contributed by atoms with Crippen LogP contribution in [0.15, 0.2) is 10.7 Å². The first-order valence-electron chi connectivity index (χ1n) is 4.61. The number of aromatic nitrogens is 2. The van der Waals surface area contributed by atoms with Crippen LogP contribution in [0.4, 0.5) is 0 Å². The van der Waals surface area contributed by atoms with Gasteiger partial charge in [0.25, 0.3) is 0 Å². The van der Waals surface area contributed by atoms with Gasteiger partial charge in [-0.25, -0.2) is 0 Å². The normalized spacial score (nSPS) is 10.8. The largest absolute Gasteiger partial charge is 0.383 e. The fraction of sp³-hybridized carbons (Fsp3) is 0.667. The van der Waals surface area contributed by atoms with Crippen molar-refractivity contribution in [3.63, 3.8) is 0 Å². The van der Waals surface area contributed by atoms with Crippen LogP contribution in [-0.2, 0) is 18.2 Å². The Kier molecular flexibility index (Phi) is 5.14. The summed E-state index contributed by atoms with van der Waals surface area (Å²) in [5.41, 5.74) is 1.22. The van der Waals surface area contributed by atoms with Crippen molar-refractivity contribution in [3.8, 4) is 0 Å². The van der Waals surface area contributed by atoms with Crippen LogP contribution in [-0.4, -0.2) is 36.6 Å². The van der Waals surface area contributed by atoms with Crippen molar-refractivity contribution < 1.29 is 4.74 Å². The fourth-order valence-corrected chi connectivity index (χ4v) is 1.77. The summed E-state index contributed by atoms with van der Waals surface area (Å²) in [5, 5.41) is 7.44. The maximum Gasteiger partial charge on any atom is 0.0635 e. The highest BCUT2D eigenvalue weighted by Crippen LogP contribution is 2.14. The molecule has 0 amide bonds. The predicted molar refractivity (Wildman–Crippen MR) is 59.4 cm³/mol. The SMILES string of the molecule is COCCNCCc1c(Br)cnn1C. The molecule has 0 fully saturated rings. The number of halogens is 1. The Labute approximate surface area is 92.8 Å². The first-order chi connectivity index (χ1) is 6.75. The Hall–Kier alpha value is -0.390. The monoisotopic (exact) mass is 261 g/mol. The molecule has 0 aliphatic rings. The minimum Gasteiger partial charge on any atom is -0.383 e. The maximum atomic E-state index is 4.94. The van der Waals surface area contributed by atoms with Gasteiger partial charge in [-0.15, -0.1) is 0 Å². The number of nitrogens with zero attached hydrogens (tertiary/aromatic N) is 2. The van der Waals surface area contributed by atoms with E-state index in [1.807, 2.05) is 17.9 Å². The quantitative estimate of drug-likeness (QED) is 0.776. The summed E-state index contributed by atoms with van der Waals surface area (Å²) in [6.07, 6.45) is 2.80. The van der Waals surface area contributed by atoms with Gasteiger partial charge < -0.3 is 10.1 Å². The number of rotatable bonds is 6. The van der Waals surface area contributed by atoms with Gasteiger partial charge in [-0.3, -0.25) is 4.68 Å². The molecule has 0 bridgehead atoms. The predicted octanol–water partition coefficient (Wildman–Crippen LogP) is 0.961. The number of ether oxygens (including phenoxy) is 1. The minimum absolute atomic E-state index is 0.757. The number of aryl methyl sites for hydroxylation is 1. The second-order valence-electron chi connectivity index (χ2n) is 3.06. The third-order valence-electron chi connectivity index (χ3n) is 2.03. The average Bonchev–Trinajstić information content (AvgIpc) is 2.48. The van der Waals surface area contributed by atoms with E-state index in [1.165, 1.54) is 5.69 Å². The van der Waals surface area contributed by atoms with Crippen LogP contribution in [0.2, 0.25) is 0 Å². The lowest BCUT2D eigenvalue weighted by Gasteiger charge is -2.05. The topological polar surface area (TPSA) is 39.1 Å². The number of hydrogen-bond donors (Lipinski definition) is 1. The molecule has 0 radical (unpaired) electrons. The van der Waals surface area contributed by atoms with Gasteiger partial charge in [-0.05, 0) is 15.9 Å². The van der Waals surface area contributed by atoms with Crippen molar-refractivity contribution in [2.75, 3.05) is 26.8 Å². The van der Waals surface area contributed by atoms with Crippen LogP contribution in [0.5, 0.6) is 0 Å². The Balaban J connectivity index is 2.24. The molecule has 0 spiro atoms. The summed E-state index contributed by atoms with van der Waals surface area (Å²) in [4.78, 5) is 0. The zero-order valence-corrected chi connectivity index (χ0v) is 10.2. The van der Waals surface area contributed by atoms with Gasteiger partial charge in [0.05, 0.1) is 23.0 Å². The third-order valence-corrected chi connectivity index (χ3v) is 2.69. The smallest absolute Gasteiger partial charge is 0.0635 e. The molecular formula is C9H16BrN3O. The molecule has 0 atom stereocenters. The van der Waals surface area contributed by atoms with Gasteiger partial charge in [0.1, 0.15) is 0 Å². The van der Waals surface area contributed by atoms with Crippen LogP contribution in [0.25, 0.3) is 0 Å². The van der Waals surface area contributed by atoms with Crippen molar-refractivity contribution in [2.45, 2.75) is 6.42 Å². The van der Waals surface area contributed by atoms with Crippen LogP contribution >= 0.6 is 15.9 Å².